The van der Waals surface area contributed by atoms with Gasteiger partial charge in [0.15, 0.2) is 6.29 Å². The molecule has 1 aliphatic rings. The predicted molar refractivity (Wildman–Crippen MR) is 61.7 cm³/mol. The lowest BCUT2D eigenvalue weighted by Crippen LogP contribution is -2.42. The number of aliphatic hydroxyl groups is 1. The lowest BCUT2D eigenvalue weighted by molar-refractivity contribution is 0.112. The summed E-state index contributed by atoms with van der Waals surface area (Å²) in [5.41, 5.74) is 1.06. The molecule has 0 aromatic carbocycles. The molecule has 1 fully saturated rings. The number of anilines is 1. The molecule has 2 atom stereocenters. The molecule has 82 valence electrons. The molecule has 1 saturated heterocycles. The van der Waals surface area contributed by atoms with Crippen molar-refractivity contribution in [3.8, 4) is 0 Å². The Morgan fingerprint density at radius 1 is 1.60 bits per heavy atom. The summed E-state index contributed by atoms with van der Waals surface area (Å²) in [5.74, 6) is 0.508. The summed E-state index contributed by atoms with van der Waals surface area (Å²) in [7, 11) is 0. The Labute approximate surface area is 93.3 Å². The summed E-state index contributed by atoms with van der Waals surface area (Å²) in [4.78, 5) is 13.5. The number of carbonyl (C=O) groups is 1. The van der Waals surface area contributed by atoms with Gasteiger partial charge in [-0.3, -0.25) is 4.79 Å². The lowest BCUT2D eigenvalue weighted by Gasteiger charge is -2.35. The van der Waals surface area contributed by atoms with E-state index in [0.29, 0.717) is 12.5 Å². The molecule has 0 amide bonds. The fraction of sp³-hybridized carbons (Fsp3) is 0.545. The van der Waals surface area contributed by atoms with Crippen LogP contribution in [0, 0.1) is 5.92 Å². The SMILES string of the molecule is C[C@@H]1C[C@H](O)CN(c2csc(C=O)c2)C1. The largest absolute Gasteiger partial charge is 0.391 e. The maximum Gasteiger partial charge on any atom is 0.160 e. The Morgan fingerprint density at radius 2 is 2.40 bits per heavy atom. The number of thiophene rings is 1. The minimum atomic E-state index is -0.242. The average Bonchev–Trinajstić information content (AvgIpc) is 2.64. The Balaban J connectivity index is 2.12. The topological polar surface area (TPSA) is 40.5 Å². The van der Waals surface area contributed by atoms with E-state index in [2.05, 4.69) is 11.8 Å². The molecule has 0 bridgehead atoms. The zero-order valence-electron chi connectivity index (χ0n) is 8.72. The van der Waals surface area contributed by atoms with E-state index >= 15 is 0 Å². The van der Waals surface area contributed by atoms with Gasteiger partial charge in [0.05, 0.1) is 11.0 Å². The van der Waals surface area contributed by atoms with Gasteiger partial charge in [-0.05, 0) is 18.4 Å². The smallest absolute Gasteiger partial charge is 0.160 e. The number of piperidine rings is 1. The third-order valence-corrected chi connectivity index (χ3v) is 3.57. The van der Waals surface area contributed by atoms with Gasteiger partial charge < -0.3 is 10.0 Å². The first-order chi connectivity index (χ1) is 7.19. The van der Waals surface area contributed by atoms with Gasteiger partial charge >= 0.3 is 0 Å². The normalized spacial score (nSPS) is 26.7. The summed E-state index contributed by atoms with van der Waals surface area (Å²) in [6.07, 6.45) is 1.51. The van der Waals surface area contributed by atoms with E-state index in [0.717, 1.165) is 29.8 Å². The van der Waals surface area contributed by atoms with E-state index in [1.807, 2.05) is 11.4 Å². The zero-order chi connectivity index (χ0) is 10.8. The van der Waals surface area contributed by atoms with Crippen molar-refractivity contribution in [3.63, 3.8) is 0 Å². The van der Waals surface area contributed by atoms with Gasteiger partial charge in [0.2, 0.25) is 0 Å². The van der Waals surface area contributed by atoms with Crippen molar-refractivity contribution in [2.24, 2.45) is 5.92 Å². The van der Waals surface area contributed by atoms with Gasteiger partial charge in [-0.25, -0.2) is 0 Å². The summed E-state index contributed by atoms with van der Waals surface area (Å²) in [6.45, 7) is 3.79. The van der Waals surface area contributed by atoms with Gasteiger partial charge in [-0.2, -0.15) is 0 Å². The summed E-state index contributed by atoms with van der Waals surface area (Å²) < 4.78 is 0. The number of nitrogens with zero attached hydrogens (tertiary/aromatic N) is 1. The number of carbonyl (C=O) groups excluding carboxylic acids is 1. The first-order valence-electron chi connectivity index (χ1n) is 5.15. The van der Waals surface area contributed by atoms with Crippen molar-refractivity contribution in [2.75, 3.05) is 18.0 Å². The van der Waals surface area contributed by atoms with E-state index in [1.165, 1.54) is 11.3 Å². The summed E-state index contributed by atoms with van der Waals surface area (Å²) in [6, 6.07) is 1.89. The minimum Gasteiger partial charge on any atom is -0.391 e. The molecule has 1 aromatic heterocycles. The minimum absolute atomic E-state index is 0.242. The van der Waals surface area contributed by atoms with E-state index in [-0.39, 0.29) is 6.10 Å². The predicted octanol–water partition coefficient (Wildman–Crippen LogP) is 1.77. The van der Waals surface area contributed by atoms with Crippen molar-refractivity contribution in [1.29, 1.82) is 0 Å². The third kappa shape index (κ3) is 2.38. The second-order valence-corrected chi connectivity index (χ2v) is 5.17. The van der Waals surface area contributed by atoms with Gasteiger partial charge in [-0.15, -0.1) is 11.3 Å². The van der Waals surface area contributed by atoms with Crippen molar-refractivity contribution in [2.45, 2.75) is 19.4 Å². The first-order valence-corrected chi connectivity index (χ1v) is 6.03. The third-order valence-electron chi connectivity index (χ3n) is 2.72. The highest BCUT2D eigenvalue weighted by Crippen LogP contribution is 2.26. The van der Waals surface area contributed by atoms with E-state index < -0.39 is 0 Å². The van der Waals surface area contributed by atoms with Crippen molar-refractivity contribution < 1.29 is 9.90 Å². The molecular formula is C11H15NO2S. The first kappa shape index (κ1) is 10.6. The van der Waals surface area contributed by atoms with Crippen LogP contribution in [0.15, 0.2) is 11.4 Å². The molecule has 0 unspecified atom stereocenters. The van der Waals surface area contributed by atoms with Crippen LogP contribution in [0.2, 0.25) is 0 Å². The molecule has 0 aliphatic carbocycles. The quantitative estimate of drug-likeness (QED) is 0.780. The van der Waals surface area contributed by atoms with Crippen LogP contribution >= 0.6 is 11.3 Å². The van der Waals surface area contributed by atoms with Crippen LogP contribution in [-0.2, 0) is 0 Å². The zero-order valence-corrected chi connectivity index (χ0v) is 9.54. The number of hydrogen-bond acceptors (Lipinski definition) is 4. The van der Waals surface area contributed by atoms with Gasteiger partial charge in [0.1, 0.15) is 0 Å². The molecule has 0 saturated carbocycles. The molecule has 15 heavy (non-hydrogen) atoms. The number of aldehydes is 1. The van der Waals surface area contributed by atoms with E-state index in [4.69, 9.17) is 0 Å². The van der Waals surface area contributed by atoms with Crippen LogP contribution in [0.4, 0.5) is 5.69 Å². The van der Waals surface area contributed by atoms with Crippen LogP contribution in [0.3, 0.4) is 0 Å². The number of hydrogen-bond donors (Lipinski definition) is 1. The van der Waals surface area contributed by atoms with Crippen molar-refractivity contribution >= 4 is 23.3 Å². The van der Waals surface area contributed by atoms with Crippen LogP contribution in [-0.4, -0.2) is 30.6 Å². The molecule has 4 heteroatoms. The highest BCUT2D eigenvalue weighted by molar-refractivity contribution is 7.12. The highest BCUT2D eigenvalue weighted by Gasteiger charge is 2.23. The molecule has 0 radical (unpaired) electrons. The van der Waals surface area contributed by atoms with Crippen LogP contribution in [0.25, 0.3) is 0 Å². The monoisotopic (exact) mass is 225 g/mol. The lowest BCUT2D eigenvalue weighted by atomic mass is 9.98. The molecule has 3 nitrogen and oxygen atoms in total. The van der Waals surface area contributed by atoms with Crippen molar-refractivity contribution in [1.82, 2.24) is 0 Å². The van der Waals surface area contributed by atoms with Crippen LogP contribution in [0.5, 0.6) is 0 Å². The fourth-order valence-corrected chi connectivity index (χ4v) is 2.82. The van der Waals surface area contributed by atoms with Crippen molar-refractivity contribution in [3.05, 3.63) is 16.3 Å². The van der Waals surface area contributed by atoms with Gasteiger partial charge in [0, 0.05) is 24.2 Å². The molecule has 1 aromatic rings. The standard InChI is InChI=1S/C11H15NO2S/c1-8-2-10(14)5-12(4-8)9-3-11(6-13)15-7-9/h3,6-8,10,14H,2,4-5H2,1H3/t8-,10+/m1/s1. The van der Waals surface area contributed by atoms with E-state index in [9.17, 15) is 9.90 Å². The fourth-order valence-electron chi connectivity index (χ4n) is 2.10. The maximum absolute atomic E-state index is 10.6. The number of β-amino-alcohol motifs (C(OH)–C–C–N with tert-alkyl or cyclic N) is 1. The van der Waals surface area contributed by atoms with Crippen LogP contribution < -0.4 is 4.90 Å². The van der Waals surface area contributed by atoms with E-state index in [1.54, 1.807) is 0 Å². The molecule has 1 N–H and O–H groups in total. The molecule has 2 rings (SSSR count). The highest BCUT2D eigenvalue weighted by atomic mass is 32.1. The average molecular weight is 225 g/mol. The Morgan fingerprint density at radius 3 is 3.00 bits per heavy atom. The second-order valence-electron chi connectivity index (χ2n) is 4.22. The van der Waals surface area contributed by atoms with Gasteiger partial charge in [0.25, 0.3) is 0 Å². The summed E-state index contributed by atoms with van der Waals surface area (Å²) >= 11 is 1.45. The molecule has 2 heterocycles. The van der Waals surface area contributed by atoms with Crippen LogP contribution in [0.1, 0.15) is 23.0 Å². The number of aliphatic hydroxyl groups excluding tert-OH is 1. The second kappa shape index (κ2) is 4.33. The van der Waals surface area contributed by atoms with Gasteiger partial charge in [-0.1, -0.05) is 6.92 Å². The Bertz CT molecular complexity index is 340. The Hall–Kier alpha value is -0.870. The number of rotatable bonds is 2. The summed E-state index contributed by atoms with van der Waals surface area (Å²) in [5, 5.41) is 11.6. The maximum atomic E-state index is 10.6. The molecular weight excluding hydrogens is 210 g/mol. The Kier molecular flexibility index (Phi) is 3.07. The molecule has 1 aliphatic heterocycles. The molecule has 0 spiro atoms.